The number of rotatable bonds is 3. The molecule has 0 heterocycles. The first-order valence-electron chi connectivity index (χ1n) is 1.95. The zero-order valence-corrected chi connectivity index (χ0v) is 5.71. The van der Waals surface area contributed by atoms with Gasteiger partial charge in [-0.15, -0.1) is 0 Å². The van der Waals surface area contributed by atoms with E-state index < -0.39 is 5.97 Å². The summed E-state index contributed by atoms with van der Waals surface area (Å²) in [5.41, 5.74) is 0. The van der Waals surface area contributed by atoms with Gasteiger partial charge in [0, 0.05) is 0 Å². The molecule has 0 rings (SSSR count). The molecule has 0 aromatic heterocycles. The van der Waals surface area contributed by atoms with Crippen molar-refractivity contribution in [2.75, 3.05) is 0 Å². The third-order valence-electron chi connectivity index (χ3n) is 0.462. The van der Waals surface area contributed by atoms with Gasteiger partial charge in [-0.05, 0) is 0 Å². The molecule has 0 aromatic rings. The van der Waals surface area contributed by atoms with Gasteiger partial charge in [-0.25, -0.2) is 0 Å². The van der Waals surface area contributed by atoms with Crippen LogP contribution in [-0.4, -0.2) is 20.7 Å². The summed E-state index contributed by atoms with van der Waals surface area (Å²) < 4.78 is 0.0740. The second-order valence-electron chi connectivity index (χ2n) is 1.10. The van der Waals surface area contributed by atoms with Crippen molar-refractivity contribution in [2.24, 2.45) is 0 Å². The van der Waals surface area contributed by atoms with E-state index in [1.807, 2.05) is 17.0 Å². The molecule has 4 nitrogen and oxygen atoms in total. The Labute approximate surface area is 60.2 Å². The van der Waals surface area contributed by atoms with E-state index >= 15 is 0 Å². The van der Waals surface area contributed by atoms with Crippen LogP contribution in [-0.2, 0) is 26.7 Å². The predicted molar refractivity (Wildman–Crippen MR) is 25.5 cm³/mol. The van der Waals surface area contributed by atoms with Crippen molar-refractivity contribution < 1.29 is 37.0 Å². The molecule has 0 bridgehead atoms. The van der Waals surface area contributed by atoms with Gasteiger partial charge in [0.2, 0.25) is 0 Å². The Kier molecular flexibility index (Phi) is 4.26. The van der Waals surface area contributed by atoms with Crippen LogP contribution in [0.4, 0.5) is 0 Å². The molecule has 0 atom stereocenters. The van der Waals surface area contributed by atoms with Crippen molar-refractivity contribution in [3.63, 3.8) is 0 Å². The minimum atomic E-state index is -1.09. The Balaban J connectivity index is 3.71. The van der Waals surface area contributed by atoms with Crippen LogP contribution < -0.4 is 0 Å². The number of hydrogen-bond donors (Lipinski definition) is 2. The molecule has 5 heteroatoms. The fourth-order valence-corrected chi connectivity index (χ4v) is 0.289. The molecular formula is C4H4O4V. The molecule has 0 fully saturated rings. The summed E-state index contributed by atoms with van der Waals surface area (Å²) in [6, 6.07) is 0. The maximum atomic E-state index is 9.78. The van der Waals surface area contributed by atoms with Crippen molar-refractivity contribution in [1.29, 1.82) is 0 Å². The van der Waals surface area contributed by atoms with Crippen LogP contribution in [0.15, 0.2) is 12.2 Å². The SMILES string of the molecule is O=C(O)C=C[C](=[V])OO. The summed E-state index contributed by atoms with van der Waals surface area (Å²) in [6.07, 6.45) is 1.96. The summed E-state index contributed by atoms with van der Waals surface area (Å²) >= 11 is 1.85. The Morgan fingerprint density at radius 2 is 2.11 bits per heavy atom. The van der Waals surface area contributed by atoms with Crippen molar-refractivity contribution in [2.45, 2.75) is 0 Å². The molecule has 0 radical (unpaired) electrons. The van der Waals surface area contributed by atoms with E-state index in [0.29, 0.717) is 0 Å². The van der Waals surface area contributed by atoms with E-state index in [9.17, 15) is 4.79 Å². The van der Waals surface area contributed by atoms with Gasteiger partial charge in [0.25, 0.3) is 0 Å². The predicted octanol–water partition coefficient (Wildman–Crippen LogP) is -0.206. The molecule has 49 valence electrons. The standard InChI is InChI=1S/C4H4O4.V/c5-4(6)2-1-3-8-7;/h1-2,7H,(H,5,6);. The molecule has 0 unspecified atom stereocenters. The van der Waals surface area contributed by atoms with E-state index in [2.05, 4.69) is 4.89 Å². The summed E-state index contributed by atoms with van der Waals surface area (Å²) in [4.78, 5) is 13.4. The Bertz CT molecular complexity index is 151. The van der Waals surface area contributed by atoms with E-state index in [0.717, 1.165) is 12.2 Å². The van der Waals surface area contributed by atoms with Crippen molar-refractivity contribution in [3.8, 4) is 0 Å². The fraction of sp³-hybridized carbons (Fsp3) is 0. The Morgan fingerprint density at radius 1 is 1.56 bits per heavy atom. The van der Waals surface area contributed by atoms with E-state index in [1.54, 1.807) is 0 Å². The van der Waals surface area contributed by atoms with E-state index in [-0.39, 0.29) is 4.41 Å². The molecule has 0 saturated heterocycles. The van der Waals surface area contributed by atoms with Gasteiger partial charge in [-0.3, -0.25) is 0 Å². The quantitative estimate of drug-likeness (QED) is 0.346. The second-order valence-corrected chi connectivity index (χ2v) is 1.79. The monoisotopic (exact) mass is 167 g/mol. The minimum absolute atomic E-state index is 0.0740. The van der Waals surface area contributed by atoms with E-state index in [1.165, 1.54) is 0 Å². The van der Waals surface area contributed by atoms with Crippen LogP contribution >= 0.6 is 0 Å². The molecule has 0 saturated carbocycles. The van der Waals surface area contributed by atoms with Crippen molar-refractivity contribution >= 4 is 10.4 Å². The van der Waals surface area contributed by atoms with Crippen LogP contribution in [0.3, 0.4) is 0 Å². The number of carboxylic acid groups (broad SMARTS) is 1. The van der Waals surface area contributed by atoms with Gasteiger partial charge in [0.15, 0.2) is 0 Å². The molecule has 0 aromatic carbocycles. The average Bonchev–Trinajstić information content (AvgIpc) is 1.83. The number of aliphatic carboxylic acids is 1. The molecule has 0 aliphatic heterocycles. The molecule has 9 heavy (non-hydrogen) atoms. The van der Waals surface area contributed by atoms with Gasteiger partial charge in [-0.1, -0.05) is 0 Å². The first-order chi connectivity index (χ1) is 4.16. The van der Waals surface area contributed by atoms with Gasteiger partial charge in [-0.2, -0.15) is 0 Å². The Hall–Kier alpha value is -0.416. The Morgan fingerprint density at radius 3 is 2.44 bits per heavy atom. The normalized spacial score (nSPS) is 9.78. The van der Waals surface area contributed by atoms with Gasteiger partial charge in [0.05, 0.1) is 0 Å². The average molecular weight is 167 g/mol. The third kappa shape index (κ3) is 5.46. The molecule has 0 spiro atoms. The molecule has 0 aliphatic carbocycles. The zero-order chi connectivity index (χ0) is 7.28. The van der Waals surface area contributed by atoms with Crippen molar-refractivity contribution in [1.82, 2.24) is 0 Å². The summed E-state index contributed by atoms with van der Waals surface area (Å²) in [5.74, 6) is -1.09. The zero-order valence-electron chi connectivity index (χ0n) is 4.31. The summed E-state index contributed by atoms with van der Waals surface area (Å²) in [7, 11) is 0. The number of hydrogen-bond acceptors (Lipinski definition) is 3. The molecule has 0 amide bonds. The van der Waals surface area contributed by atoms with Crippen LogP contribution in [0, 0.1) is 0 Å². The summed E-state index contributed by atoms with van der Waals surface area (Å²) in [6.45, 7) is 0. The summed E-state index contributed by atoms with van der Waals surface area (Å²) in [5, 5.41) is 15.9. The maximum absolute atomic E-state index is 9.78. The van der Waals surface area contributed by atoms with Crippen molar-refractivity contribution in [3.05, 3.63) is 12.2 Å². The van der Waals surface area contributed by atoms with Gasteiger partial charge >= 0.3 is 59.6 Å². The van der Waals surface area contributed by atoms with Crippen LogP contribution in [0.2, 0.25) is 0 Å². The molecule has 0 aliphatic rings. The number of carbonyl (C=O) groups is 1. The number of carboxylic acids is 1. The topological polar surface area (TPSA) is 66.8 Å². The first-order valence-corrected chi connectivity index (χ1v) is 2.65. The van der Waals surface area contributed by atoms with E-state index in [4.69, 9.17) is 10.4 Å². The van der Waals surface area contributed by atoms with Gasteiger partial charge in [0.1, 0.15) is 0 Å². The van der Waals surface area contributed by atoms with Crippen LogP contribution in [0.25, 0.3) is 0 Å². The first kappa shape index (κ1) is 8.58. The fourth-order valence-electron chi connectivity index (χ4n) is 0.173. The molecular weight excluding hydrogens is 163 g/mol. The second kappa shape index (κ2) is 4.46. The van der Waals surface area contributed by atoms with Crippen LogP contribution in [0.5, 0.6) is 0 Å². The third-order valence-corrected chi connectivity index (χ3v) is 0.822. The van der Waals surface area contributed by atoms with Crippen LogP contribution in [0.1, 0.15) is 0 Å². The van der Waals surface area contributed by atoms with Gasteiger partial charge < -0.3 is 0 Å². The molecule has 2 N–H and O–H groups in total.